The zero-order valence-electron chi connectivity index (χ0n) is 8.53. The molecule has 0 saturated heterocycles. The number of phenols is 1. The topological polar surface area (TPSA) is 57.5 Å². The van der Waals surface area contributed by atoms with Crippen LogP contribution in [0.5, 0.6) is 5.75 Å². The summed E-state index contributed by atoms with van der Waals surface area (Å²) in [5.41, 5.74) is 0.179. The number of carboxylic acids is 1. The van der Waals surface area contributed by atoms with Gasteiger partial charge in [0.25, 0.3) is 0 Å². The van der Waals surface area contributed by atoms with E-state index in [1.54, 1.807) is 0 Å². The molecule has 0 fully saturated rings. The number of benzene rings is 1. The standard InChI is InChI=1S/C7H6O3.C3H7.Na/c8-6-3-1-5(2-4-6)7(9)10;1-3-2;/h1-4,8H,(H,9,10);1,3H2,2H3;/q;-1;+1. The molecule has 0 heterocycles. The van der Waals surface area contributed by atoms with Crippen molar-refractivity contribution < 1.29 is 44.6 Å². The first-order valence-electron chi connectivity index (χ1n) is 3.93. The monoisotopic (exact) mass is 204 g/mol. The second-order valence-electron chi connectivity index (χ2n) is 2.35. The molecule has 1 aromatic rings. The molecule has 0 aromatic heterocycles. The molecule has 0 bridgehead atoms. The van der Waals surface area contributed by atoms with E-state index in [0.29, 0.717) is 0 Å². The number of phenolic OH excluding ortho intramolecular Hbond substituents is 1. The summed E-state index contributed by atoms with van der Waals surface area (Å²) >= 11 is 0. The second kappa shape index (κ2) is 9.06. The molecule has 3 nitrogen and oxygen atoms in total. The number of aromatic hydroxyl groups is 1. The Hall–Kier alpha value is -0.510. The van der Waals surface area contributed by atoms with E-state index < -0.39 is 5.97 Å². The van der Waals surface area contributed by atoms with E-state index in [4.69, 9.17) is 10.2 Å². The molecule has 4 heteroatoms. The summed E-state index contributed by atoms with van der Waals surface area (Å²) in [6.07, 6.45) is 1.00. The van der Waals surface area contributed by atoms with Crippen LogP contribution in [0, 0.1) is 6.92 Å². The number of carboxylic acid groups (broad SMARTS) is 1. The molecule has 0 aliphatic heterocycles. The Bertz CT molecular complexity index is 257. The molecule has 0 aliphatic rings. The Balaban J connectivity index is 0. The van der Waals surface area contributed by atoms with Gasteiger partial charge in [0.15, 0.2) is 0 Å². The molecule has 0 saturated carbocycles. The summed E-state index contributed by atoms with van der Waals surface area (Å²) in [7, 11) is 0. The number of rotatable bonds is 1. The van der Waals surface area contributed by atoms with Crippen LogP contribution in [0.15, 0.2) is 24.3 Å². The second-order valence-corrected chi connectivity index (χ2v) is 2.35. The van der Waals surface area contributed by atoms with Crippen molar-refractivity contribution in [2.75, 3.05) is 0 Å². The molecule has 0 amide bonds. The van der Waals surface area contributed by atoms with Crippen molar-refractivity contribution in [3.63, 3.8) is 0 Å². The van der Waals surface area contributed by atoms with Crippen molar-refractivity contribution in [2.45, 2.75) is 13.3 Å². The fraction of sp³-hybridized carbons (Fsp3) is 0.200. The van der Waals surface area contributed by atoms with Crippen LogP contribution in [0.3, 0.4) is 0 Å². The smallest absolute Gasteiger partial charge is 0.508 e. The van der Waals surface area contributed by atoms with Gasteiger partial charge in [0.2, 0.25) is 0 Å². The minimum Gasteiger partial charge on any atom is -0.508 e. The molecule has 1 rings (SSSR count). The average Bonchev–Trinajstić information content (AvgIpc) is 2.06. The van der Waals surface area contributed by atoms with Crippen molar-refractivity contribution in [3.05, 3.63) is 36.8 Å². The summed E-state index contributed by atoms with van der Waals surface area (Å²) in [4.78, 5) is 10.2. The molecule has 72 valence electrons. The third kappa shape index (κ3) is 6.95. The van der Waals surface area contributed by atoms with Crippen molar-refractivity contribution in [1.82, 2.24) is 0 Å². The Morgan fingerprint density at radius 1 is 1.36 bits per heavy atom. The first-order chi connectivity index (χ1) is 6.11. The molecule has 0 atom stereocenters. The molecular weight excluding hydrogens is 191 g/mol. The first kappa shape index (κ1) is 15.9. The summed E-state index contributed by atoms with van der Waals surface area (Å²) in [5.74, 6) is -0.912. The quantitative estimate of drug-likeness (QED) is 0.471. The maximum atomic E-state index is 10.2. The van der Waals surface area contributed by atoms with E-state index in [1.165, 1.54) is 24.3 Å². The zero-order valence-corrected chi connectivity index (χ0v) is 10.5. The normalized spacial score (nSPS) is 7.86. The average molecular weight is 204 g/mol. The maximum absolute atomic E-state index is 10.2. The molecule has 0 spiro atoms. The van der Waals surface area contributed by atoms with Crippen LogP contribution < -0.4 is 29.6 Å². The Morgan fingerprint density at radius 3 is 2.00 bits per heavy atom. The predicted octanol–water partition coefficient (Wildman–Crippen LogP) is -0.675. The van der Waals surface area contributed by atoms with Gasteiger partial charge in [-0.3, -0.25) is 0 Å². The third-order valence-electron chi connectivity index (χ3n) is 1.11. The number of hydrogen-bond acceptors (Lipinski definition) is 2. The van der Waals surface area contributed by atoms with Crippen LogP contribution in [-0.4, -0.2) is 16.2 Å². The van der Waals surface area contributed by atoms with Gasteiger partial charge in [-0.1, -0.05) is 6.92 Å². The van der Waals surface area contributed by atoms with Crippen LogP contribution in [0.4, 0.5) is 0 Å². The van der Waals surface area contributed by atoms with Gasteiger partial charge < -0.3 is 17.1 Å². The van der Waals surface area contributed by atoms with Gasteiger partial charge in [0.1, 0.15) is 5.75 Å². The van der Waals surface area contributed by atoms with Gasteiger partial charge in [0.05, 0.1) is 5.56 Å². The zero-order chi connectivity index (χ0) is 10.3. The molecule has 0 aliphatic carbocycles. The van der Waals surface area contributed by atoms with Crippen molar-refractivity contribution in [3.8, 4) is 5.75 Å². The number of hydrogen-bond donors (Lipinski definition) is 2. The van der Waals surface area contributed by atoms with Gasteiger partial charge in [0, 0.05) is 0 Å². The Labute approximate surface area is 106 Å². The molecular formula is C10H13NaO3. The molecule has 0 unspecified atom stereocenters. The number of aromatic carboxylic acids is 1. The van der Waals surface area contributed by atoms with Crippen molar-refractivity contribution in [2.24, 2.45) is 0 Å². The van der Waals surface area contributed by atoms with Gasteiger partial charge in [-0.15, -0.1) is 0 Å². The van der Waals surface area contributed by atoms with Gasteiger partial charge in [-0.25, -0.2) is 4.79 Å². The maximum Gasteiger partial charge on any atom is 1.00 e. The van der Waals surface area contributed by atoms with Crippen LogP contribution in [0.25, 0.3) is 0 Å². The van der Waals surface area contributed by atoms with Crippen LogP contribution in [-0.2, 0) is 0 Å². The number of carbonyl (C=O) groups is 1. The van der Waals surface area contributed by atoms with Crippen molar-refractivity contribution >= 4 is 5.97 Å². The largest absolute Gasteiger partial charge is 1.00 e. The predicted molar refractivity (Wildman–Crippen MR) is 50.7 cm³/mol. The van der Waals surface area contributed by atoms with E-state index in [1.807, 2.05) is 6.92 Å². The fourth-order valence-corrected chi connectivity index (χ4v) is 0.604. The van der Waals surface area contributed by atoms with E-state index in [9.17, 15) is 4.79 Å². The minimum atomic E-state index is -0.986. The van der Waals surface area contributed by atoms with E-state index >= 15 is 0 Å². The van der Waals surface area contributed by atoms with Crippen LogP contribution in [0.2, 0.25) is 0 Å². The van der Waals surface area contributed by atoms with Gasteiger partial charge >= 0.3 is 35.5 Å². The summed E-state index contributed by atoms with van der Waals surface area (Å²) in [5, 5.41) is 17.1. The molecule has 1 aromatic carbocycles. The van der Waals surface area contributed by atoms with Gasteiger partial charge in [-0.05, 0) is 24.3 Å². The van der Waals surface area contributed by atoms with E-state index in [-0.39, 0.29) is 40.9 Å². The van der Waals surface area contributed by atoms with E-state index in [0.717, 1.165) is 6.42 Å². The first-order valence-corrected chi connectivity index (χ1v) is 3.93. The third-order valence-corrected chi connectivity index (χ3v) is 1.11. The summed E-state index contributed by atoms with van der Waals surface area (Å²) in [6, 6.07) is 5.36. The Morgan fingerprint density at radius 2 is 1.71 bits per heavy atom. The van der Waals surface area contributed by atoms with E-state index in [2.05, 4.69) is 6.92 Å². The minimum absolute atomic E-state index is 0. The van der Waals surface area contributed by atoms with Gasteiger partial charge in [-0.2, -0.15) is 6.42 Å². The van der Waals surface area contributed by atoms with Crippen LogP contribution >= 0.6 is 0 Å². The SMILES string of the molecule is O=C(O)c1ccc(O)cc1.[CH2-]CC.[Na+]. The summed E-state index contributed by atoms with van der Waals surface area (Å²) < 4.78 is 0. The fourth-order valence-electron chi connectivity index (χ4n) is 0.604. The molecule has 0 radical (unpaired) electrons. The Kier molecular flexibility index (Phi) is 10.3. The molecule has 14 heavy (non-hydrogen) atoms. The summed E-state index contributed by atoms with van der Waals surface area (Å²) in [6.45, 7) is 5.50. The van der Waals surface area contributed by atoms with Crippen molar-refractivity contribution in [1.29, 1.82) is 0 Å². The molecule has 2 N–H and O–H groups in total. The van der Waals surface area contributed by atoms with Crippen LogP contribution in [0.1, 0.15) is 23.7 Å².